The Morgan fingerprint density at radius 1 is 1.45 bits per heavy atom. The third-order valence-corrected chi connectivity index (χ3v) is 4.81. The van der Waals surface area contributed by atoms with Crippen LogP contribution in [0.4, 0.5) is 0 Å². The summed E-state index contributed by atoms with van der Waals surface area (Å²) in [5.74, 6) is 0.937. The second kappa shape index (κ2) is 6.40. The first-order valence-electron chi connectivity index (χ1n) is 7.60. The summed E-state index contributed by atoms with van der Waals surface area (Å²) in [6.45, 7) is 2.62. The molecule has 2 aromatic rings. The number of imidazole rings is 1. The molecular weight excluding hydrogens is 302 g/mol. The van der Waals surface area contributed by atoms with E-state index >= 15 is 0 Å². The van der Waals surface area contributed by atoms with Crippen LogP contribution in [-0.2, 0) is 20.6 Å². The average molecular weight is 324 g/mol. The first kappa shape index (κ1) is 15.5. The number of aryl methyl sites for hydroxylation is 2. The molecule has 1 aliphatic rings. The SMILES string of the molecule is Cn1ccnc1C(O)C1CCCN(Cc2c(Cl)cnn2C)C1. The first-order valence-corrected chi connectivity index (χ1v) is 7.98. The van der Waals surface area contributed by atoms with E-state index in [1.807, 2.05) is 29.5 Å². The second-order valence-corrected chi connectivity index (χ2v) is 6.45. The average Bonchev–Trinajstić information content (AvgIpc) is 3.07. The Morgan fingerprint density at radius 3 is 2.91 bits per heavy atom. The summed E-state index contributed by atoms with van der Waals surface area (Å²) < 4.78 is 3.71. The van der Waals surface area contributed by atoms with E-state index in [1.165, 1.54) is 0 Å². The van der Waals surface area contributed by atoms with Crippen LogP contribution in [-0.4, -0.2) is 42.4 Å². The van der Waals surface area contributed by atoms with Gasteiger partial charge in [-0.05, 0) is 19.4 Å². The van der Waals surface area contributed by atoms with Gasteiger partial charge in [-0.2, -0.15) is 5.10 Å². The number of aliphatic hydroxyl groups is 1. The fourth-order valence-corrected chi connectivity index (χ4v) is 3.42. The minimum absolute atomic E-state index is 0.196. The van der Waals surface area contributed by atoms with Crippen LogP contribution in [0.25, 0.3) is 0 Å². The number of rotatable bonds is 4. The molecule has 1 N–H and O–H groups in total. The normalized spacial score (nSPS) is 21.2. The van der Waals surface area contributed by atoms with Gasteiger partial charge >= 0.3 is 0 Å². The van der Waals surface area contributed by atoms with Gasteiger partial charge in [0, 0.05) is 45.5 Å². The molecule has 0 spiro atoms. The highest BCUT2D eigenvalue weighted by atomic mass is 35.5. The smallest absolute Gasteiger partial charge is 0.137 e. The molecule has 0 amide bonds. The van der Waals surface area contributed by atoms with Gasteiger partial charge in [-0.15, -0.1) is 0 Å². The third kappa shape index (κ3) is 3.04. The van der Waals surface area contributed by atoms with Gasteiger partial charge in [-0.25, -0.2) is 4.98 Å². The Bertz CT molecular complexity index is 618. The standard InChI is InChI=1S/C15H22ClN5O/c1-19-7-5-17-15(19)14(22)11-4-3-6-21(9-11)10-13-12(16)8-18-20(13)2/h5,7-8,11,14,22H,3-4,6,9-10H2,1-2H3. The van der Waals surface area contributed by atoms with E-state index in [9.17, 15) is 5.11 Å². The summed E-state index contributed by atoms with van der Waals surface area (Å²) in [6, 6.07) is 0. The summed E-state index contributed by atoms with van der Waals surface area (Å²) in [5, 5.41) is 15.5. The summed E-state index contributed by atoms with van der Waals surface area (Å²) in [6.07, 6.45) is 6.85. The predicted octanol–water partition coefficient (Wildman–Crippen LogP) is 1.75. The number of nitrogens with zero attached hydrogens (tertiary/aromatic N) is 5. The van der Waals surface area contributed by atoms with Gasteiger partial charge in [0.1, 0.15) is 11.9 Å². The van der Waals surface area contributed by atoms with Crippen molar-refractivity contribution in [3.05, 3.63) is 35.1 Å². The molecule has 1 saturated heterocycles. The first-order chi connectivity index (χ1) is 10.6. The molecule has 0 bridgehead atoms. The van der Waals surface area contributed by atoms with Crippen molar-refractivity contribution in [1.82, 2.24) is 24.2 Å². The fourth-order valence-electron chi connectivity index (χ4n) is 3.19. The van der Waals surface area contributed by atoms with Crippen molar-refractivity contribution in [3.63, 3.8) is 0 Å². The van der Waals surface area contributed by atoms with Crippen LogP contribution in [0, 0.1) is 5.92 Å². The van der Waals surface area contributed by atoms with Crippen molar-refractivity contribution in [1.29, 1.82) is 0 Å². The Hall–Kier alpha value is -1.37. The van der Waals surface area contributed by atoms with Crippen molar-refractivity contribution in [2.75, 3.05) is 13.1 Å². The molecule has 22 heavy (non-hydrogen) atoms. The molecule has 2 atom stereocenters. The lowest BCUT2D eigenvalue weighted by molar-refractivity contribution is 0.0397. The molecule has 6 nitrogen and oxygen atoms in total. The van der Waals surface area contributed by atoms with E-state index in [4.69, 9.17) is 11.6 Å². The number of aromatic nitrogens is 4. The number of piperidine rings is 1. The molecule has 2 aromatic heterocycles. The zero-order chi connectivity index (χ0) is 15.7. The molecule has 2 unspecified atom stereocenters. The molecule has 1 fully saturated rings. The van der Waals surface area contributed by atoms with Crippen LogP contribution in [0.1, 0.15) is 30.5 Å². The molecule has 120 valence electrons. The summed E-state index contributed by atoms with van der Waals surface area (Å²) in [7, 11) is 3.83. The Balaban J connectivity index is 1.68. The van der Waals surface area contributed by atoms with Gasteiger partial charge in [0.25, 0.3) is 0 Å². The van der Waals surface area contributed by atoms with Gasteiger partial charge in [0.15, 0.2) is 0 Å². The molecule has 3 heterocycles. The van der Waals surface area contributed by atoms with Crippen LogP contribution < -0.4 is 0 Å². The van der Waals surface area contributed by atoms with E-state index in [0.29, 0.717) is 5.02 Å². The van der Waals surface area contributed by atoms with E-state index in [-0.39, 0.29) is 5.92 Å². The number of halogens is 1. The van der Waals surface area contributed by atoms with E-state index < -0.39 is 6.10 Å². The maximum absolute atomic E-state index is 10.6. The van der Waals surface area contributed by atoms with Crippen molar-refractivity contribution in [2.45, 2.75) is 25.5 Å². The minimum Gasteiger partial charge on any atom is -0.385 e. The summed E-state index contributed by atoms with van der Waals surface area (Å²) in [5.41, 5.74) is 1.02. The van der Waals surface area contributed by atoms with E-state index in [2.05, 4.69) is 15.0 Å². The van der Waals surface area contributed by atoms with Crippen LogP contribution in [0.3, 0.4) is 0 Å². The molecular formula is C15H22ClN5O. The highest BCUT2D eigenvalue weighted by molar-refractivity contribution is 6.31. The van der Waals surface area contributed by atoms with Crippen LogP contribution in [0.2, 0.25) is 5.02 Å². The number of likely N-dealkylation sites (tertiary alicyclic amines) is 1. The number of hydrogen-bond acceptors (Lipinski definition) is 4. The highest BCUT2D eigenvalue weighted by Gasteiger charge is 2.29. The maximum atomic E-state index is 10.6. The van der Waals surface area contributed by atoms with Crippen molar-refractivity contribution >= 4 is 11.6 Å². The molecule has 3 rings (SSSR count). The van der Waals surface area contributed by atoms with Gasteiger partial charge in [0.2, 0.25) is 0 Å². The van der Waals surface area contributed by atoms with E-state index in [0.717, 1.165) is 44.0 Å². The maximum Gasteiger partial charge on any atom is 0.137 e. The fraction of sp³-hybridized carbons (Fsp3) is 0.600. The molecule has 0 radical (unpaired) electrons. The van der Waals surface area contributed by atoms with Crippen LogP contribution in [0.15, 0.2) is 18.6 Å². The van der Waals surface area contributed by atoms with Gasteiger partial charge in [-0.1, -0.05) is 11.6 Å². The van der Waals surface area contributed by atoms with Crippen molar-refractivity contribution < 1.29 is 5.11 Å². The quantitative estimate of drug-likeness (QED) is 0.931. The van der Waals surface area contributed by atoms with E-state index in [1.54, 1.807) is 12.4 Å². The molecule has 0 aliphatic carbocycles. The zero-order valence-corrected chi connectivity index (χ0v) is 13.7. The minimum atomic E-state index is -0.523. The summed E-state index contributed by atoms with van der Waals surface area (Å²) >= 11 is 6.19. The van der Waals surface area contributed by atoms with Crippen molar-refractivity contribution in [3.8, 4) is 0 Å². The highest BCUT2D eigenvalue weighted by Crippen LogP contribution is 2.30. The molecule has 0 saturated carbocycles. The Labute approximate surface area is 135 Å². The molecule has 1 aliphatic heterocycles. The van der Waals surface area contributed by atoms with Crippen LogP contribution in [0.5, 0.6) is 0 Å². The largest absolute Gasteiger partial charge is 0.385 e. The number of aliphatic hydroxyl groups excluding tert-OH is 1. The van der Waals surface area contributed by atoms with Gasteiger partial charge in [-0.3, -0.25) is 9.58 Å². The lowest BCUT2D eigenvalue weighted by Crippen LogP contribution is -2.38. The lowest BCUT2D eigenvalue weighted by atomic mass is 9.92. The zero-order valence-electron chi connectivity index (χ0n) is 13.0. The molecule has 0 aromatic carbocycles. The Morgan fingerprint density at radius 2 is 2.27 bits per heavy atom. The predicted molar refractivity (Wildman–Crippen MR) is 84.4 cm³/mol. The van der Waals surface area contributed by atoms with Crippen molar-refractivity contribution in [2.24, 2.45) is 20.0 Å². The van der Waals surface area contributed by atoms with Gasteiger partial charge in [0.05, 0.1) is 16.9 Å². The summed E-state index contributed by atoms with van der Waals surface area (Å²) in [4.78, 5) is 6.62. The third-order valence-electron chi connectivity index (χ3n) is 4.50. The molecule has 7 heteroatoms. The van der Waals surface area contributed by atoms with Gasteiger partial charge < -0.3 is 9.67 Å². The topological polar surface area (TPSA) is 59.1 Å². The lowest BCUT2D eigenvalue weighted by Gasteiger charge is -2.34. The monoisotopic (exact) mass is 323 g/mol. The van der Waals surface area contributed by atoms with Crippen LogP contribution >= 0.6 is 11.6 Å². The number of hydrogen-bond donors (Lipinski definition) is 1. The second-order valence-electron chi connectivity index (χ2n) is 6.04. The Kier molecular flexibility index (Phi) is 4.52.